The molecule has 0 N–H and O–H groups in total. The first-order valence-corrected chi connectivity index (χ1v) is 8.73. The lowest BCUT2D eigenvalue weighted by molar-refractivity contribution is -0.146. The molecule has 0 spiro atoms. The fourth-order valence-corrected chi connectivity index (χ4v) is 3.58. The first kappa shape index (κ1) is 18.0. The third-order valence-electron chi connectivity index (χ3n) is 4.81. The average molecular weight is 353 g/mol. The normalized spacial score (nSPS) is 22.1. The smallest absolute Gasteiger partial charge is 0.410 e. The summed E-state index contributed by atoms with van der Waals surface area (Å²) in [7, 11) is 1.38. The van der Waals surface area contributed by atoms with Crippen molar-refractivity contribution >= 4 is 12.1 Å². The van der Waals surface area contributed by atoms with Crippen LogP contribution in [0.2, 0.25) is 0 Å². The van der Waals surface area contributed by atoms with Gasteiger partial charge in [-0.3, -0.25) is 9.69 Å². The molecular weight excluding hydrogens is 330 g/mol. The molecule has 136 valence electrons. The Labute approximate surface area is 153 Å². The Morgan fingerprint density at radius 1 is 1.04 bits per heavy atom. The monoisotopic (exact) mass is 353 g/mol. The van der Waals surface area contributed by atoms with E-state index < -0.39 is 12.0 Å². The average Bonchev–Trinajstić information content (AvgIpc) is 3.04. The van der Waals surface area contributed by atoms with Crippen molar-refractivity contribution < 1.29 is 19.1 Å². The van der Waals surface area contributed by atoms with Gasteiger partial charge in [0, 0.05) is 6.04 Å². The van der Waals surface area contributed by atoms with Gasteiger partial charge in [0.05, 0.1) is 19.1 Å². The number of carbonyl (C=O) groups excluding carboxylic acids is 2. The molecule has 1 aliphatic rings. The second-order valence-corrected chi connectivity index (χ2v) is 6.52. The molecule has 0 unspecified atom stereocenters. The molecule has 2 aromatic rings. The van der Waals surface area contributed by atoms with Gasteiger partial charge in [-0.15, -0.1) is 0 Å². The Morgan fingerprint density at radius 3 is 2.27 bits per heavy atom. The topological polar surface area (TPSA) is 55.8 Å². The second kappa shape index (κ2) is 8.04. The summed E-state index contributed by atoms with van der Waals surface area (Å²) in [6.45, 7) is 2.13. The summed E-state index contributed by atoms with van der Waals surface area (Å²) in [5, 5.41) is 0. The highest BCUT2D eigenvalue weighted by Gasteiger charge is 2.47. The number of methoxy groups -OCH3 is 1. The van der Waals surface area contributed by atoms with Crippen LogP contribution in [0.25, 0.3) is 0 Å². The Bertz CT molecular complexity index is 747. The lowest BCUT2D eigenvalue weighted by atomic mass is 9.93. The number of rotatable bonds is 4. The minimum Gasteiger partial charge on any atom is -0.469 e. The zero-order valence-corrected chi connectivity index (χ0v) is 15.0. The van der Waals surface area contributed by atoms with Gasteiger partial charge in [-0.2, -0.15) is 0 Å². The van der Waals surface area contributed by atoms with Crippen molar-refractivity contribution in [1.29, 1.82) is 0 Å². The summed E-state index contributed by atoms with van der Waals surface area (Å²) in [5.74, 6) is -0.703. The van der Waals surface area contributed by atoms with Crippen molar-refractivity contribution in [2.24, 2.45) is 5.92 Å². The number of nitrogens with zero attached hydrogens (tertiary/aromatic N) is 1. The predicted molar refractivity (Wildman–Crippen MR) is 97.2 cm³/mol. The summed E-state index contributed by atoms with van der Waals surface area (Å²) in [6.07, 6.45) is 0.133. The van der Waals surface area contributed by atoms with Crippen molar-refractivity contribution in [3.05, 3.63) is 71.8 Å². The standard InChI is InChI=1S/C21H23NO4/c1-15-13-18(20(23)25-2)19(17-11-7-4-8-12-17)22(15)21(24)26-14-16-9-5-3-6-10-16/h3-12,15,18-19H,13-14H2,1-2H3/t15-,18-,19+/m1/s1. The second-order valence-electron chi connectivity index (χ2n) is 6.52. The van der Waals surface area contributed by atoms with Crippen LogP contribution in [0.5, 0.6) is 0 Å². The number of esters is 1. The van der Waals surface area contributed by atoms with Gasteiger partial charge in [-0.25, -0.2) is 4.79 Å². The third-order valence-corrected chi connectivity index (χ3v) is 4.81. The van der Waals surface area contributed by atoms with Crippen LogP contribution in [0, 0.1) is 5.92 Å². The number of benzene rings is 2. The largest absolute Gasteiger partial charge is 0.469 e. The number of likely N-dealkylation sites (tertiary alicyclic amines) is 1. The van der Waals surface area contributed by atoms with Gasteiger partial charge in [0.1, 0.15) is 6.61 Å². The van der Waals surface area contributed by atoms with Crippen LogP contribution in [0.15, 0.2) is 60.7 Å². The summed E-state index contributed by atoms with van der Waals surface area (Å²) < 4.78 is 10.5. The number of hydrogen-bond donors (Lipinski definition) is 0. The molecule has 26 heavy (non-hydrogen) atoms. The highest BCUT2D eigenvalue weighted by molar-refractivity contribution is 5.77. The Morgan fingerprint density at radius 2 is 1.65 bits per heavy atom. The molecule has 0 bridgehead atoms. The third kappa shape index (κ3) is 3.72. The fraction of sp³-hybridized carbons (Fsp3) is 0.333. The van der Waals surface area contributed by atoms with Gasteiger partial charge < -0.3 is 9.47 Å². The molecule has 5 heteroatoms. The van der Waals surface area contributed by atoms with Crippen LogP contribution in [-0.4, -0.2) is 30.1 Å². The van der Waals surface area contributed by atoms with Crippen molar-refractivity contribution in [3.63, 3.8) is 0 Å². The first-order chi connectivity index (χ1) is 12.6. The van der Waals surface area contributed by atoms with E-state index in [1.165, 1.54) is 7.11 Å². The maximum Gasteiger partial charge on any atom is 0.410 e. The summed E-state index contributed by atoms with van der Waals surface area (Å²) in [6, 6.07) is 18.6. The van der Waals surface area contributed by atoms with Crippen molar-refractivity contribution in [3.8, 4) is 0 Å². The van der Waals surface area contributed by atoms with Crippen LogP contribution in [0.3, 0.4) is 0 Å². The van der Waals surface area contributed by atoms with Crippen LogP contribution in [0.4, 0.5) is 4.79 Å². The zero-order valence-electron chi connectivity index (χ0n) is 15.0. The molecule has 3 rings (SSSR count). The molecule has 0 aliphatic carbocycles. The van der Waals surface area contributed by atoms with Gasteiger partial charge in [0.15, 0.2) is 0 Å². The Balaban J connectivity index is 1.82. The van der Waals surface area contributed by atoms with Gasteiger partial charge in [-0.1, -0.05) is 60.7 Å². The van der Waals surface area contributed by atoms with Crippen LogP contribution >= 0.6 is 0 Å². The highest BCUT2D eigenvalue weighted by atomic mass is 16.6. The van der Waals surface area contributed by atoms with Crippen LogP contribution < -0.4 is 0 Å². The fourth-order valence-electron chi connectivity index (χ4n) is 3.58. The van der Waals surface area contributed by atoms with Crippen LogP contribution in [-0.2, 0) is 20.9 Å². The predicted octanol–water partition coefficient (Wildman–Crippen LogP) is 3.95. The molecule has 1 aliphatic heterocycles. The molecule has 1 amide bonds. The number of ether oxygens (including phenoxy) is 2. The highest BCUT2D eigenvalue weighted by Crippen LogP contribution is 2.42. The Kier molecular flexibility index (Phi) is 5.56. The molecule has 0 saturated carbocycles. The molecule has 0 aromatic heterocycles. The zero-order chi connectivity index (χ0) is 18.5. The molecule has 1 fully saturated rings. The molecular formula is C21H23NO4. The lowest BCUT2D eigenvalue weighted by Gasteiger charge is -2.29. The van der Waals surface area contributed by atoms with E-state index in [9.17, 15) is 9.59 Å². The van der Waals surface area contributed by atoms with Gasteiger partial charge >= 0.3 is 12.1 Å². The first-order valence-electron chi connectivity index (χ1n) is 8.73. The molecule has 3 atom stereocenters. The van der Waals surface area contributed by atoms with E-state index in [0.29, 0.717) is 6.42 Å². The van der Waals surface area contributed by atoms with Crippen molar-refractivity contribution in [2.75, 3.05) is 7.11 Å². The van der Waals surface area contributed by atoms with E-state index in [-0.39, 0.29) is 24.7 Å². The van der Waals surface area contributed by atoms with Crippen molar-refractivity contribution in [1.82, 2.24) is 4.90 Å². The number of hydrogen-bond acceptors (Lipinski definition) is 4. The minimum absolute atomic E-state index is 0.118. The molecule has 5 nitrogen and oxygen atoms in total. The molecule has 1 saturated heterocycles. The molecule has 1 heterocycles. The molecule has 2 aromatic carbocycles. The number of amides is 1. The summed E-state index contributed by atoms with van der Waals surface area (Å²) >= 11 is 0. The summed E-state index contributed by atoms with van der Waals surface area (Å²) in [5.41, 5.74) is 1.83. The minimum atomic E-state index is -0.415. The van der Waals surface area contributed by atoms with Gasteiger partial charge in [0.2, 0.25) is 0 Å². The lowest BCUT2D eigenvalue weighted by Crippen LogP contribution is -2.37. The van der Waals surface area contributed by atoms with E-state index in [4.69, 9.17) is 9.47 Å². The molecule has 0 radical (unpaired) electrons. The van der Waals surface area contributed by atoms with Gasteiger partial charge in [0.25, 0.3) is 0 Å². The van der Waals surface area contributed by atoms with E-state index in [1.54, 1.807) is 4.90 Å². The quantitative estimate of drug-likeness (QED) is 0.781. The maximum atomic E-state index is 12.8. The maximum absolute atomic E-state index is 12.8. The number of carbonyl (C=O) groups is 2. The van der Waals surface area contributed by atoms with Crippen molar-refractivity contribution in [2.45, 2.75) is 32.0 Å². The van der Waals surface area contributed by atoms with E-state index in [2.05, 4.69) is 0 Å². The van der Waals surface area contributed by atoms with E-state index in [0.717, 1.165) is 11.1 Å². The van der Waals surface area contributed by atoms with E-state index >= 15 is 0 Å². The van der Waals surface area contributed by atoms with E-state index in [1.807, 2.05) is 67.6 Å². The van der Waals surface area contributed by atoms with Crippen LogP contribution in [0.1, 0.15) is 30.5 Å². The summed E-state index contributed by atoms with van der Waals surface area (Å²) in [4.78, 5) is 26.8. The Hall–Kier alpha value is -2.82. The SMILES string of the molecule is COC(=O)[C@@H]1C[C@@H](C)N(C(=O)OCc2ccccc2)[C@H]1c1ccccc1. The van der Waals surface area contributed by atoms with Gasteiger partial charge in [-0.05, 0) is 24.5 Å².